The largest absolute Gasteiger partial charge is 0.336 e. The van der Waals surface area contributed by atoms with E-state index in [4.69, 9.17) is 0 Å². The zero-order chi connectivity index (χ0) is 19.7. The Balaban J connectivity index is 1.43. The zero-order valence-electron chi connectivity index (χ0n) is 15.9. The Bertz CT molecular complexity index is 973. The van der Waals surface area contributed by atoms with E-state index in [1.165, 1.54) is 11.1 Å². The lowest BCUT2D eigenvalue weighted by atomic mass is 10.1. The van der Waals surface area contributed by atoms with Gasteiger partial charge in [-0.3, -0.25) is 9.69 Å². The third-order valence-electron chi connectivity index (χ3n) is 5.40. The fraction of sp³-hybridized carbons (Fsp3) is 0.400. The Labute approximate surface area is 165 Å². The maximum absolute atomic E-state index is 13.0. The second kappa shape index (κ2) is 7.52. The summed E-state index contributed by atoms with van der Waals surface area (Å²) in [5.41, 5.74) is 2.94. The fourth-order valence-corrected chi connectivity index (χ4v) is 4.68. The van der Waals surface area contributed by atoms with E-state index in [0.717, 1.165) is 19.6 Å². The quantitative estimate of drug-likeness (QED) is 0.761. The third-order valence-corrected chi connectivity index (χ3v) is 6.55. The Morgan fingerprint density at radius 3 is 2.61 bits per heavy atom. The molecule has 0 bridgehead atoms. The van der Waals surface area contributed by atoms with Gasteiger partial charge < -0.3 is 9.80 Å². The van der Waals surface area contributed by atoms with Gasteiger partial charge in [0.25, 0.3) is 15.9 Å². The minimum atomic E-state index is -3.51. The highest BCUT2D eigenvalue weighted by Gasteiger charge is 2.33. The number of hydrogen-bond donors (Lipinski definition) is 0. The maximum atomic E-state index is 13.0. The van der Waals surface area contributed by atoms with E-state index in [1.54, 1.807) is 28.2 Å². The molecule has 0 spiro atoms. The molecule has 4 rings (SSSR count). The summed E-state index contributed by atoms with van der Waals surface area (Å²) < 4.78 is 27.6. The SMILES string of the molecule is Cc1ccccc1CN1CCN(C(=O)C2=CC=CN3CCS(=O)(=O)N=C23)CC1. The van der Waals surface area contributed by atoms with Gasteiger partial charge in [-0.1, -0.05) is 24.3 Å². The lowest BCUT2D eigenvalue weighted by molar-refractivity contribution is -0.128. The fourth-order valence-electron chi connectivity index (χ4n) is 3.69. The molecule has 3 aliphatic heterocycles. The van der Waals surface area contributed by atoms with Crippen LogP contribution in [0.4, 0.5) is 0 Å². The summed E-state index contributed by atoms with van der Waals surface area (Å²) in [6, 6.07) is 8.35. The van der Waals surface area contributed by atoms with Gasteiger partial charge in [0.15, 0.2) is 5.84 Å². The minimum absolute atomic E-state index is 0.0279. The maximum Gasteiger partial charge on any atom is 0.257 e. The summed E-state index contributed by atoms with van der Waals surface area (Å²) in [7, 11) is -3.51. The monoisotopic (exact) mass is 400 g/mol. The molecule has 0 aliphatic carbocycles. The lowest BCUT2D eigenvalue weighted by Crippen LogP contribution is -2.50. The number of amides is 1. The van der Waals surface area contributed by atoms with Crippen molar-refractivity contribution in [3.05, 3.63) is 59.3 Å². The van der Waals surface area contributed by atoms with Crippen molar-refractivity contribution >= 4 is 21.8 Å². The van der Waals surface area contributed by atoms with Crippen molar-refractivity contribution in [3.63, 3.8) is 0 Å². The molecule has 0 N–H and O–H groups in total. The van der Waals surface area contributed by atoms with Crippen molar-refractivity contribution in [1.82, 2.24) is 14.7 Å². The van der Waals surface area contributed by atoms with Crippen LogP contribution in [0.3, 0.4) is 0 Å². The molecule has 148 valence electrons. The molecule has 0 saturated carbocycles. The highest BCUT2D eigenvalue weighted by Crippen LogP contribution is 2.20. The number of benzene rings is 1. The number of rotatable bonds is 3. The topological polar surface area (TPSA) is 73.3 Å². The molecule has 0 unspecified atom stereocenters. The number of piperazine rings is 1. The Hall–Kier alpha value is -2.45. The predicted molar refractivity (Wildman–Crippen MR) is 108 cm³/mol. The Kier molecular flexibility index (Phi) is 5.07. The second-order valence-corrected chi connectivity index (χ2v) is 9.07. The first-order valence-corrected chi connectivity index (χ1v) is 11.1. The molecule has 1 aromatic carbocycles. The van der Waals surface area contributed by atoms with Crippen molar-refractivity contribution in [2.24, 2.45) is 4.40 Å². The zero-order valence-corrected chi connectivity index (χ0v) is 16.7. The number of carbonyl (C=O) groups is 1. The first-order chi connectivity index (χ1) is 13.4. The molecule has 7 nitrogen and oxygen atoms in total. The van der Waals surface area contributed by atoms with Crippen molar-refractivity contribution in [1.29, 1.82) is 0 Å². The van der Waals surface area contributed by atoms with Crippen LogP contribution in [0.2, 0.25) is 0 Å². The van der Waals surface area contributed by atoms with Gasteiger partial charge in [-0.15, -0.1) is 4.40 Å². The molecular weight excluding hydrogens is 376 g/mol. The van der Waals surface area contributed by atoms with Crippen LogP contribution in [0.25, 0.3) is 0 Å². The summed E-state index contributed by atoms with van der Waals surface area (Å²) in [6.07, 6.45) is 5.21. The van der Waals surface area contributed by atoms with E-state index in [2.05, 4.69) is 34.4 Å². The van der Waals surface area contributed by atoms with Crippen LogP contribution in [0, 0.1) is 6.92 Å². The smallest absolute Gasteiger partial charge is 0.257 e. The molecule has 1 amide bonds. The Morgan fingerprint density at radius 2 is 1.86 bits per heavy atom. The molecule has 3 aliphatic rings. The number of fused-ring (bicyclic) bond motifs is 1. The predicted octanol–water partition coefficient (Wildman–Crippen LogP) is 1.14. The highest BCUT2D eigenvalue weighted by molar-refractivity contribution is 7.90. The molecular formula is C20H24N4O3S. The van der Waals surface area contributed by atoms with Crippen LogP contribution in [0.15, 0.2) is 52.6 Å². The number of sulfonamides is 1. The van der Waals surface area contributed by atoms with Crippen LogP contribution in [-0.4, -0.2) is 73.3 Å². The summed E-state index contributed by atoms with van der Waals surface area (Å²) >= 11 is 0. The molecule has 3 heterocycles. The number of carbonyl (C=O) groups excluding carboxylic acids is 1. The number of hydrogen-bond acceptors (Lipinski definition) is 5. The normalized spacial score (nSPS) is 21.8. The summed E-state index contributed by atoms with van der Waals surface area (Å²) in [5, 5.41) is 0. The van der Waals surface area contributed by atoms with Gasteiger partial charge in [-0.25, -0.2) is 8.42 Å². The third kappa shape index (κ3) is 3.88. The minimum Gasteiger partial charge on any atom is -0.336 e. The van der Waals surface area contributed by atoms with Gasteiger partial charge in [0.05, 0.1) is 11.3 Å². The van der Waals surface area contributed by atoms with Gasteiger partial charge in [-0.2, -0.15) is 0 Å². The molecule has 8 heteroatoms. The molecule has 1 aromatic rings. The lowest BCUT2D eigenvalue weighted by Gasteiger charge is -2.36. The standard InChI is InChI=1S/C20H24N4O3S/c1-16-5-2-3-6-17(16)15-22-9-11-24(12-10-22)20(25)18-7-4-8-23-13-14-28(26,27)21-19(18)23/h2-8H,9-15H2,1H3. The number of nitrogens with zero attached hydrogens (tertiary/aromatic N) is 4. The van der Waals surface area contributed by atoms with E-state index in [0.29, 0.717) is 25.2 Å². The first kappa shape index (κ1) is 18.9. The van der Waals surface area contributed by atoms with Gasteiger partial charge in [0.1, 0.15) is 0 Å². The summed E-state index contributed by atoms with van der Waals surface area (Å²) in [5.74, 6) is 0.0710. The molecule has 1 fully saturated rings. The number of amidine groups is 1. The van der Waals surface area contributed by atoms with Crippen LogP contribution >= 0.6 is 0 Å². The highest BCUT2D eigenvalue weighted by atomic mass is 32.2. The van der Waals surface area contributed by atoms with E-state index >= 15 is 0 Å². The van der Waals surface area contributed by atoms with Gasteiger partial charge in [0, 0.05) is 45.5 Å². The van der Waals surface area contributed by atoms with Crippen LogP contribution in [0.1, 0.15) is 11.1 Å². The molecule has 28 heavy (non-hydrogen) atoms. The number of allylic oxidation sites excluding steroid dienone is 2. The molecule has 0 radical (unpaired) electrons. The summed E-state index contributed by atoms with van der Waals surface area (Å²) in [4.78, 5) is 18.9. The second-order valence-electron chi connectivity index (χ2n) is 7.31. The van der Waals surface area contributed by atoms with Crippen molar-refractivity contribution in [2.75, 3.05) is 38.5 Å². The van der Waals surface area contributed by atoms with Gasteiger partial charge in [-0.05, 0) is 30.2 Å². The van der Waals surface area contributed by atoms with E-state index < -0.39 is 10.0 Å². The molecule has 1 saturated heterocycles. The molecule has 0 aromatic heterocycles. The summed E-state index contributed by atoms with van der Waals surface area (Å²) in [6.45, 7) is 6.13. The van der Waals surface area contributed by atoms with E-state index in [1.807, 2.05) is 6.07 Å². The average Bonchev–Trinajstić information content (AvgIpc) is 2.69. The van der Waals surface area contributed by atoms with Crippen LogP contribution in [-0.2, 0) is 21.4 Å². The Morgan fingerprint density at radius 1 is 1.11 bits per heavy atom. The van der Waals surface area contributed by atoms with Crippen molar-refractivity contribution in [2.45, 2.75) is 13.5 Å². The van der Waals surface area contributed by atoms with E-state index in [9.17, 15) is 13.2 Å². The van der Waals surface area contributed by atoms with Crippen molar-refractivity contribution < 1.29 is 13.2 Å². The number of aryl methyl sites for hydroxylation is 1. The average molecular weight is 401 g/mol. The first-order valence-electron chi connectivity index (χ1n) is 9.47. The van der Waals surface area contributed by atoms with Crippen LogP contribution < -0.4 is 0 Å². The van der Waals surface area contributed by atoms with Gasteiger partial charge >= 0.3 is 0 Å². The van der Waals surface area contributed by atoms with Crippen molar-refractivity contribution in [3.8, 4) is 0 Å². The van der Waals surface area contributed by atoms with Gasteiger partial charge in [0.2, 0.25) is 0 Å². The van der Waals surface area contributed by atoms with E-state index in [-0.39, 0.29) is 17.5 Å². The van der Waals surface area contributed by atoms with Crippen LogP contribution in [0.5, 0.6) is 0 Å². The molecule has 0 atom stereocenters.